The number of aryl methyl sites for hydroxylation is 1. The Hall–Kier alpha value is -2.41. The van der Waals surface area contributed by atoms with Crippen molar-refractivity contribution in [1.29, 1.82) is 0 Å². The number of benzene rings is 2. The minimum atomic E-state index is -3.75. The highest BCUT2D eigenvalue weighted by molar-refractivity contribution is 7.92. The lowest BCUT2D eigenvalue weighted by Crippen LogP contribution is -2.15. The number of anilines is 1. The van der Waals surface area contributed by atoms with E-state index in [2.05, 4.69) is 4.72 Å². The first-order valence-electron chi connectivity index (χ1n) is 8.11. The lowest BCUT2D eigenvalue weighted by Gasteiger charge is -2.16. The molecule has 0 radical (unpaired) electrons. The summed E-state index contributed by atoms with van der Waals surface area (Å²) in [6, 6.07) is 6.75. The second-order valence-corrected chi connectivity index (χ2v) is 7.83. The molecule has 0 fully saturated rings. The Morgan fingerprint density at radius 2 is 1.92 bits per heavy atom. The van der Waals surface area contributed by atoms with Crippen molar-refractivity contribution in [2.75, 3.05) is 25.0 Å². The van der Waals surface area contributed by atoms with Crippen LogP contribution in [0.25, 0.3) is 0 Å². The third kappa shape index (κ3) is 2.68. The summed E-state index contributed by atoms with van der Waals surface area (Å²) < 4.78 is 45.1. The maximum atomic E-state index is 12.9. The van der Waals surface area contributed by atoms with Crippen molar-refractivity contribution in [2.24, 2.45) is 0 Å². The Morgan fingerprint density at radius 1 is 1.12 bits per heavy atom. The normalized spacial score (nSPS) is 15.1. The molecule has 2 aromatic rings. The Balaban J connectivity index is 1.76. The van der Waals surface area contributed by atoms with Crippen molar-refractivity contribution in [3.63, 3.8) is 0 Å². The molecule has 0 atom stereocenters. The molecular formula is C18H19NO5S. The van der Waals surface area contributed by atoms with E-state index in [1.807, 2.05) is 13.0 Å². The zero-order valence-electron chi connectivity index (χ0n) is 14.1. The molecule has 0 aliphatic carbocycles. The number of hydrogen-bond acceptors (Lipinski definition) is 5. The van der Waals surface area contributed by atoms with E-state index >= 15 is 0 Å². The molecule has 1 N–H and O–H groups in total. The summed E-state index contributed by atoms with van der Waals surface area (Å²) in [5.41, 5.74) is 3.10. The van der Waals surface area contributed by atoms with Gasteiger partial charge in [0.05, 0.1) is 30.9 Å². The van der Waals surface area contributed by atoms with Crippen molar-refractivity contribution in [2.45, 2.75) is 24.7 Å². The van der Waals surface area contributed by atoms with Crippen LogP contribution in [0.5, 0.6) is 17.2 Å². The molecule has 0 amide bonds. The quantitative estimate of drug-likeness (QED) is 0.906. The Bertz CT molecular complexity index is 920. The topological polar surface area (TPSA) is 73.9 Å². The average Bonchev–Trinajstić information content (AvgIpc) is 3.23. The predicted molar refractivity (Wildman–Crippen MR) is 93.4 cm³/mol. The molecule has 0 unspecified atom stereocenters. The van der Waals surface area contributed by atoms with Gasteiger partial charge in [-0.1, -0.05) is 0 Å². The highest BCUT2D eigenvalue weighted by atomic mass is 32.2. The molecule has 0 spiro atoms. The summed E-state index contributed by atoms with van der Waals surface area (Å²) in [4.78, 5) is 0.189. The second-order valence-electron chi connectivity index (χ2n) is 6.15. The fourth-order valence-electron chi connectivity index (χ4n) is 3.30. The van der Waals surface area contributed by atoms with Crippen molar-refractivity contribution < 1.29 is 22.6 Å². The highest BCUT2D eigenvalue weighted by Gasteiger charge is 2.29. The summed E-state index contributed by atoms with van der Waals surface area (Å²) in [5.74, 6) is 2.02. The number of methoxy groups -OCH3 is 1. The standard InChI is InChI=1S/C18H19NO5S/c1-11-9-13(3-4-15(11)22-2)25(20,21)19-17-14-6-8-23-16(14)10-12-5-7-24-18(12)17/h3-4,9-10,19H,5-8H2,1-2H3. The highest BCUT2D eigenvalue weighted by Crippen LogP contribution is 2.45. The Morgan fingerprint density at radius 3 is 2.68 bits per heavy atom. The van der Waals surface area contributed by atoms with Crippen LogP contribution in [0.1, 0.15) is 16.7 Å². The first-order valence-corrected chi connectivity index (χ1v) is 9.60. The van der Waals surface area contributed by atoms with Crippen LogP contribution >= 0.6 is 0 Å². The summed E-state index contributed by atoms with van der Waals surface area (Å²) >= 11 is 0. The van der Waals surface area contributed by atoms with Crippen LogP contribution in [0, 0.1) is 6.92 Å². The molecule has 2 heterocycles. The first kappa shape index (κ1) is 16.1. The minimum Gasteiger partial charge on any atom is -0.496 e. The minimum absolute atomic E-state index is 0.189. The molecule has 2 aromatic carbocycles. The number of fused-ring (bicyclic) bond motifs is 2. The van der Waals surface area contributed by atoms with Crippen LogP contribution in [0.2, 0.25) is 0 Å². The van der Waals surface area contributed by atoms with Crippen LogP contribution in [0.3, 0.4) is 0 Å². The SMILES string of the molecule is COc1ccc(S(=O)(=O)Nc2c3c(cc4c2OCC4)OCC3)cc1C. The number of hydrogen-bond donors (Lipinski definition) is 1. The van der Waals surface area contributed by atoms with E-state index in [9.17, 15) is 8.42 Å². The van der Waals surface area contributed by atoms with Crippen molar-refractivity contribution in [1.82, 2.24) is 0 Å². The van der Waals surface area contributed by atoms with Gasteiger partial charge in [0.2, 0.25) is 0 Å². The molecule has 2 aliphatic rings. The van der Waals surface area contributed by atoms with E-state index in [1.165, 1.54) is 6.07 Å². The van der Waals surface area contributed by atoms with Gasteiger partial charge in [-0.2, -0.15) is 0 Å². The van der Waals surface area contributed by atoms with Gasteiger partial charge in [0.1, 0.15) is 17.2 Å². The van der Waals surface area contributed by atoms with Gasteiger partial charge in [0.25, 0.3) is 10.0 Å². The van der Waals surface area contributed by atoms with E-state index in [4.69, 9.17) is 14.2 Å². The van der Waals surface area contributed by atoms with Crippen LogP contribution in [-0.2, 0) is 22.9 Å². The Labute approximate surface area is 146 Å². The third-order valence-corrected chi connectivity index (χ3v) is 5.91. The van der Waals surface area contributed by atoms with Crippen molar-refractivity contribution in [3.05, 3.63) is 41.0 Å². The van der Waals surface area contributed by atoms with Gasteiger partial charge >= 0.3 is 0 Å². The molecule has 2 aliphatic heterocycles. The van der Waals surface area contributed by atoms with Crippen LogP contribution < -0.4 is 18.9 Å². The first-order chi connectivity index (χ1) is 12.0. The molecule has 25 heavy (non-hydrogen) atoms. The summed E-state index contributed by atoms with van der Waals surface area (Å²) in [6.45, 7) is 2.91. The molecule has 6 nitrogen and oxygen atoms in total. The summed E-state index contributed by atoms with van der Waals surface area (Å²) in [6.07, 6.45) is 1.41. The van der Waals surface area contributed by atoms with Gasteiger partial charge in [-0.05, 0) is 36.8 Å². The largest absolute Gasteiger partial charge is 0.496 e. The Kier molecular flexibility index (Phi) is 3.76. The van der Waals surface area contributed by atoms with E-state index in [0.717, 1.165) is 28.9 Å². The van der Waals surface area contributed by atoms with Crippen molar-refractivity contribution >= 4 is 15.7 Å². The van der Waals surface area contributed by atoms with E-state index in [1.54, 1.807) is 19.2 Å². The number of rotatable bonds is 4. The molecular weight excluding hydrogens is 342 g/mol. The number of sulfonamides is 1. The number of ether oxygens (including phenoxy) is 3. The molecule has 0 aromatic heterocycles. The number of nitrogens with one attached hydrogen (secondary N) is 1. The predicted octanol–water partition coefficient (Wildman–Crippen LogP) is 2.67. The van der Waals surface area contributed by atoms with Crippen LogP contribution in [-0.4, -0.2) is 28.7 Å². The average molecular weight is 361 g/mol. The lowest BCUT2D eigenvalue weighted by molar-refractivity contribution is 0.356. The van der Waals surface area contributed by atoms with Crippen LogP contribution in [0.4, 0.5) is 5.69 Å². The van der Waals surface area contributed by atoms with Crippen LogP contribution in [0.15, 0.2) is 29.2 Å². The maximum Gasteiger partial charge on any atom is 0.262 e. The molecule has 7 heteroatoms. The summed E-state index contributed by atoms with van der Waals surface area (Å²) in [5, 5.41) is 0. The second kappa shape index (κ2) is 5.84. The fourth-order valence-corrected chi connectivity index (χ4v) is 4.49. The maximum absolute atomic E-state index is 12.9. The smallest absolute Gasteiger partial charge is 0.262 e. The monoisotopic (exact) mass is 361 g/mol. The molecule has 0 bridgehead atoms. The van der Waals surface area contributed by atoms with Gasteiger partial charge in [0.15, 0.2) is 0 Å². The zero-order chi connectivity index (χ0) is 17.6. The van der Waals surface area contributed by atoms with E-state index in [-0.39, 0.29) is 4.90 Å². The fraction of sp³-hybridized carbons (Fsp3) is 0.333. The molecule has 0 saturated carbocycles. The zero-order valence-corrected chi connectivity index (χ0v) is 14.9. The molecule has 132 valence electrons. The van der Waals surface area contributed by atoms with Crippen molar-refractivity contribution in [3.8, 4) is 17.2 Å². The third-order valence-electron chi connectivity index (χ3n) is 4.56. The lowest BCUT2D eigenvalue weighted by atomic mass is 10.0. The molecule has 4 rings (SSSR count). The van der Waals surface area contributed by atoms with E-state index < -0.39 is 10.0 Å². The van der Waals surface area contributed by atoms with E-state index in [0.29, 0.717) is 36.8 Å². The summed E-state index contributed by atoms with van der Waals surface area (Å²) in [7, 11) is -2.19. The van der Waals surface area contributed by atoms with Gasteiger partial charge in [-0.3, -0.25) is 4.72 Å². The van der Waals surface area contributed by atoms with Gasteiger partial charge in [-0.25, -0.2) is 8.42 Å². The molecule has 0 saturated heterocycles. The van der Waals surface area contributed by atoms with Gasteiger partial charge in [-0.15, -0.1) is 0 Å². The van der Waals surface area contributed by atoms with Gasteiger partial charge in [0, 0.05) is 24.0 Å². The van der Waals surface area contributed by atoms with Gasteiger partial charge < -0.3 is 14.2 Å².